The van der Waals surface area contributed by atoms with Crippen molar-refractivity contribution in [3.05, 3.63) is 36.5 Å². The maximum atomic E-state index is 12.8. The van der Waals surface area contributed by atoms with Crippen molar-refractivity contribution in [2.45, 2.75) is 262 Å². The summed E-state index contributed by atoms with van der Waals surface area (Å²) in [5.74, 6) is -1.12. The minimum Gasteiger partial charge on any atom is -0.462 e. The highest BCUT2D eigenvalue weighted by Gasteiger charge is 2.51. The molecule has 65 heavy (non-hydrogen) atoms. The Bertz CT molecular complexity index is 1280. The molecule has 1 rings (SSSR count). The van der Waals surface area contributed by atoms with Crippen molar-refractivity contribution in [2.24, 2.45) is 0 Å². The van der Waals surface area contributed by atoms with Crippen molar-refractivity contribution in [3.8, 4) is 0 Å². The first-order valence-electron chi connectivity index (χ1n) is 25.8. The number of carbonyl (C=O) groups excluding carboxylic acids is 2. The summed E-state index contributed by atoms with van der Waals surface area (Å²) in [6, 6.07) is 0. The molecule has 0 aliphatic heterocycles. The van der Waals surface area contributed by atoms with E-state index in [1.54, 1.807) is 0 Å². The molecule has 0 aromatic heterocycles. The third kappa shape index (κ3) is 33.3. The van der Waals surface area contributed by atoms with Gasteiger partial charge in [-0.15, -0.1) is 0 Å². The molecule has 1 aliphatic carbocycles. The minimum absolute atomic E-state index is 0.0752. The van der Waals surface area contributed by atoms with Crippen LogP contribution in [0.25, 0.3) is 0 Å². The quantitative estimate of drug-likeness (QED) is 0.0146. The van der Waals surface area contributed by atoms with Crippen LogP contribution in [-0.2, 0) is 32.7 Å². The van der Waals surface area contributed by atoms with E-state index in [2.05, 4.69) is 26.0 Å². The molecule has 0 radical (unpaired) electrons. The summed E-state index contributed by atoms with van der Waals surface area (Å²) in [5.41, 5.74) is 0. The van der Waals surface area contributed by atoms with Crippen LogP contribution in [0.15, 0.2) is 36.5 Å². The van der Waals surface area contributed by atoms with E-state index < -0.39 is 75.7 Å². The van der Waals surface area contributed by atoms with E-state index in [-0.39, 0.29) is 12.8 Å². The Balaban J connectivity index is 2.34. The van der Waals surface area contributed by atoms with Gasteiger partial charge in [0.25, 0.3) is 0 Å². The van der Waals surface area contributed by atoms with Crippen molar-refractivity contribution in [2.75, 3.05) is 13.2 Å². The second-order valence-corrected chi connectivity index (χ2v) is 19.5. The van der Waals surface area contributed by atoms with Crippen LogP contribution in [0.3, 0.4) is 0 Å². The third-order valence-corrected chi connectivity index (χ3v) is 13.0. The van der Waals surface area contributed by atoms with E-state index in [1.807, 2.05) is 24.3 Å². The lowest BCUT2D eigenvalue weighted by Crippen LogP contribution is -2.64. The van der Waals surface area contributed by atoms with E-state index in [1.165, 1.54) is 122 Å². The Labute approximate surface area is 393 Å². The monoisotopic (exact) mass is 945 g/mol. The minimum atomic E-state index is -5.12. The van der Waals surface area contributed by atoms with Crippen molar-refractivity contribution in [1.82, 2.24) is 0 Å². The van der Waals surface area contributed by atoms with Gasteiger partial charge in [0.15, 0.2) is 6.10 Å². The molecule has 0 aromatic carbocycles. The normalized spacial score (nSPS) is 21.7. The van der Waals surface area contributed by atoms with E-state index in [9.17, 15) is 44.6 Å². The largest absolute Gasteiger partial charge is 0.472 e. The first kappa shape index (κ1) is 61.1. The number of hydrogen-bond acceptors (Lipinski definition) is 12. The lowest BCUT2D eigenvalue weighted by Gasteiger charge is -2.41. The highest BCUT2D eigenvalue weighted by Crippen LogP contribution is 2.47. The summed E-state index contributed by atoms with van der Waals surface area (Å²) >= 11 is 0. The summed E-state index contributed by atoms with van der Waals surface area (Å²) < 4.78 is 33.6. The zero-order chi connectivity index (χ0) is 47.8. The summed E-state index contributed by atoms with van der Waals surface area (Å²) in [5, 5.41) is 50.2. The second kappa shape index (κ2) is 41.1. The van der Waals surface area contributed by atoms with Gasteiger partial charge in [-0.25, -0.2) is 4.57 Å². The standard InChI is InChI=1S/C51H93O13P/c1-3-5-7-9-11-13-15-17-18-19-20-21-22-23-24-25-26-28-29-31-33-35-37-39-44(52)61-41-43(42-62-65(59,60)64-51-49(57)47(55)46(54)48(56)50(51)58)63-45(53)40-38-36-34-32-30-27-16-14-12-10-8-6-4-2/h6,8,10,12,14,16,43,46-51,54-58H,3-5,7,9,11,13,15,17-42H2,1-2H3,(H,59,60)/b8-6+,12-10+,16-14+/t43?,46?,47-,48?,49?,50?,51?/m0/s1. The molecular weight excluding hydrogens is 852 g/mol. The summed E-state index contributed by atoms with van der Waals surface area (Å²) in [4.78, 5) is 35.8. The number of rotatable bonds is 43. The van der Waals surface area contributed by atoms with E-state index in [4.69, 9.17) is 18.5 Å². The van der Waals surface area contributed by atoms with Gasteiger partial charge >= 0.3 is 19.8 Å². The molecule has 0 amide bonds. The fourth-order valence-electron chi connectivity index (χ4n) is 7.94. The van der Waals surface area contributed by atoms with Gasteiger partial charge in [0.2, 0.25) is 0 Å². The highest BCUT2D eigenvalue weighted by atomic mass is 31.2. The lowest BCUT2D eigenvalue weighted by molar-refractivity contribution is -0.220. The van der Waals surface area contributed by atoms with Crippen LogP contribution >= 0.6 is 7.82 Å². The van der Waals surface area contributed by atoms with Crippen molar-refractivity contribution in [1.29, 1.82) is 0 Å². The maximum absolute atomic E-state index is 12.8. The maximum Gasteiger partial charge on any atom is 0.472 e. The molecule has 13 nitrogen and oxygen atoms in total. The number of aliphatic hydroxyl groups is 5. The number of aliphatic hydroxyl groups excluding tert-OH is 5. The molecule has 7 unspecified atom stereocenters. The van der Waals surface area contributed by atoms with Gasteiger partial charge in [-0.3, -0.25) is 18.6 Å². The Morgan fingerprint density at radius 2 is 0.877 bits per heavy atom. The molecule has 0 heterocycles. The average molecular weight is 945 g/mol. The number of ether oxygens (including phenoxy) is 2. The Morgan fingerprint density at radius 3 is 1.32 bits per heavy atom. The number of phosphoric ester groups is 1. The molecule has 0 spiro atoms. The number of carbonyl (C=O) groups is 2. The molecule has 0 aromatic rings. The van der Waals surface area contributed by atoms with Gasteiger partial charge in [0.1, 0.15) is 43.2 Å². The number of phosphoric acid groups is 1. The number of hydrogen-bond donors (Lipinski definition) is 6. The molecule has 8 atom stereocenters. The summed E-state index contributed by atoms with van der Waals surface area (Å²) in [6.07, 6.45) is 35.0. The summed E-state index contributed by atoms with van der Waals surface area (Å²) in [6.45, 7) is 3.18. The van der Waals surface area contributed by atoms with Gasteiger partial charge in [0, 0.05) is 12.8 Å². The van der Waals surface area contributed by atoms with Crippen LogP contribution in [0.5, 0.6) is 0 Å². The molecule has 6 N–H and O–H groups in total. The second-order valence-electron chi connectivity index (χ2n) is 18.1. The zero-order valence-corrected chi connectivity index (χ0v) is 41.4. The topological polar surface area (TPSA) is 210 Å². The Hall–Kier alpha value is -1.93. The van der Waals surface area contributed by atoms with Crippen LogP contribution in [0, 0.1) is 0 Å². The van der Waals surface area contributed by atoms with Crippen LogP contribution in [0.4, 0.5) is 0 Å². The van der Waals surface area contributed by atoms with Gasteiger partial charge in [-0.05, 0) is 32.1 Å². The average Bonchev–Trinajstić information content (AvgIpc) is 3.29. The molecule has 380 valence electrons. The van der Waals surface area contributed by atoms with E-state index >= 15 is 0 Å². The molecule has 0 bridgehead atoms. The summed E-state index contributed by atoms with van der Waals surface area (Å²) in [7, 11) is -5.12. The highest BCUT2D eigenvalue weighted by molar-refractivity contribution is 7.47. The predicted molar refractivity (Wildman–Crippen MR) is 258 cm³/mol. The van der Waals surface area contributed by atoms with Crippen LogP contribution < -0.4 is 0 Å². The lowest BCUT2D eigenvalue weighted by atomic mass is 9.85. The molecule has 1 fully saturated rings. The van der Waals surface area contributed by atoms with Crippen molar-refractivity contribution < 1.29 is 63.1 Å². The van der Waals surface area contributed by atoms with E-state index in [0.29, 0.717) is 12.8 Å². The van der Waals surface area contributed by atoms with Gasteiger partial charge in [-0.2, -0.15) is 0 Å². The SMILES string of the molecule is CC/C=C/C=C/C=C/CCCCCCCC(=O)OC(COC(=O)CCCCCCCCCCCCCCCCCCCCCCCCC)COP(=O)(O)OC1C(O)C(O)C(O)[C@H](O)C1O. The first-order valence-corrected chi connectivity index (χ1v) is 27.3. The smallest absolute Gasteiger partial charge is 0.462 e. The Morgan fingerprint density at radius 1 is 0.492 bits per heavy atom. The molecule has 14 heteroatoms. The number of allylic oxidation sites excluding steroid dienone is 6. The molecule has 1 aliphatic rings. The Kier molecular flexibility index (Phi) is 38.6. The molecular formula is C51H93O13P. The molecule has 0 saturated heterocycles. The van der Waals surface area contributed by atoms with Crippen LogP contribution in [0.1, 0.15) is 219 Å². The fraction of sp³-hybridized carbons (Fsp3) is 0.843. The zero-order valence-electron chi connectivity index (χ0n) is 40.5. The van der Waals surface area contributed by atoms with Crippen molar-refractivity contribution in [3.63, 3.8) is 0 Å². The van der Waals surface area contributed by atoms with Crippen LogP contribution in [-0.4, -0.2) is 98.3 Å². The fourth-order valence-corrected chi connectivity index (χ4v) is 8.91. The predicted octanol–water partition coefficient (Wildman–Crippen LogP) is 11.0. The third-order valence-electron chi connectivity index (χ3n) is 12.1. The number of unbranched alkanes of at least 4 members (excludes halogenated alkanes) is 27. The van der Waals surface area contributed by atoms with Crippen molar-refractivity contribution >= 4 is 19.8 Å². The first-order chi connectivity index (χ1) is 31.4. The van der Waals surface area contributed by atoms with Gasteiger partial charge in [0.05, 0.1) is 6.61 Å². The number of esters is 2. The van der Waals surface area contributed by atoms with Gasteiger partial charge < -0.3 is 39.9 Å². The van der Waals surface area contributed by atoms with E-state index in [0.717, 1.165) is 57.8 Å². The van der Waals surface area contributed by atoms with Crippen LogP contribution in [0.2, 0.25) is 0 Å². The van der Waals surface area contributed by atoms with Gasteiger partial charge in [-0.1, -0.05) is 211 Å². The molecule has 1 saturated carbocycles.